The van der Waals surface area contributed by atoms with Gasteiger partial charge in [-0.05, 0) is 13.8 Å². The molecule has 82 valence electrons. The lowest BCUT2D eigenvalue weighted by atomic mass is 10.0. The van der Waals surface area contributed by atoms with Crippen molar-refractivity contribution in [3.63, 3.8) is 0 Å². The summed E-state index contributed by atoms with van der Waals surface area (Å²) in [4.78, 5) is 11.6. The second-order valence-corrected chi connectivity index (χ2v) is 5.19. The second-order valence-electron chi connectivity index (χ2n) is 3.56. The zero-order valence-electron chi connectivity index (χ0n) is 8.50. The lowest BCUT2D eigenvalue weighted by Gasteiger charge is -2.23. The number of carbonyl (C=O) groups excluding carboxylic acids is 1. The lowest BCUT2D eigenvalue weighted by molar-refractivity contribution is -0.123. The van der Waals surface area contributed by atoms with Crippen molar-refractivity contribution < 1.29 is 4.79 Å². The quantitative estimate of drug-likeness (QED) is 0.723. The molecule has 0 saturated carbocycles. The van der Waals surface area contributed by atoms with Crippen LogP contribution in [0.15, 0.2) is 12.7 Å². The molecule has 5 heteroatoms. The molecule has 1 heterocycles. The molecule has 3 nitrogen and oxygen atoms in total. The van der Waals surface area contributed by atoms with E-state index < -0.39 is 0 Å². The van der Waals surface area contributed by atoms with Gasteiger partial charge in [-0.2, -0.15) is 0 Å². The number of thioether (sulfide) groups is 1. The lowest BCUT2D eigenvalue weighted by Crippen LogP contribution is -2.49. The fourth-order valence-corrected chi connectivity index (χ4v) is 2.30. The Morgan fingerprint density at radius 3 is 2.86 bits per heavy atom. The first-order valence-corrected chi connectivity index (χ1v) is 5.32. The van der Waals surface area contributed by atoms with Crippen LogP contribution in [-0.2, 0) is 4.79 Å². The van der Waals surface area contributed by atoms with Gasteiger partial charge in [-0.1, -0.05) is 6.08 Å². The molecule has 1 aliphatic rings. The molecule has 1 atom stereocenters. The van der Waals surface area contributed by atoms with Gasteiger partial charge in [0.2, 0.25) is 5.91 Å². The maximum atomic E-state index is 11.6. The summed E-state index contributed by atoms with van der Waals surface area (Å²) < 4.78 is -0.00868. The molecular formula is C9H17ClN2OS. The molecular weight excluding hydrogens is 220 g/mol. The Bertz CT molecular complexity index is 221. The predicted molar refractivity (Wildman–Crippen MR) is 63.9 cm³/mol. The summed E-state index contributed by atoms with van der Waals surface area (Å²) in [5.74, 6) is 0.911. The maximum absolute atomic E-state index is 11.6. The molecule has 14 heavy (non-hydrogen) atoms. The summed E-state index contributed by atoms with van der Waals surface area (Å²) in [5, 5.41) is 5.97. The van der Waals surface area contributed by atoms with E-state index in [0.29, 0.717) is 6.54 Å². The van der Waals surface area contributed by atoms with Gasteiger partial charge >= 0.3 is 0 Å². The molecule has 0 aromatic heterocycles. The predicted octanol–water partition coefficient (Wildman–Crippen LogP) is 1.15. The van der Waals surface area contributed by atoms with Gasteiger partial charge < -0.3 is 5.32 Å². The minimum Gasteiger partial charge on any atom is -0.351 e. The number of halogens is 1. The average molecular weight is 237 g/mol. The number of amides is 1. The zero-order valence-corrected chi connectivity index (χ0v) is 10.1. The van der Waals surface area contributed by atoms with E-state index in [1.807, 2.05) is 0 Å². The molecule has 0 aromatic rings. The van der Waals surface area contributed by atoms with Crippen molar-refractivity contribution >= 4 is 30.1 Å². The largest absolute Gasteiger partial charge is 0.351 e. The van der Waals surface area contributed by atoms with Crippen LogP contribution in [-0.4, -0.2) is 29.1 Å². The monoisotopic (exact) mass is 236 g/mol. The summed E-state index contributed by atoms with van der Waals surface area (Å²) in [7, 11) is 0. The van der Waals surface area contributed by atoms with Crippen molar-refractivity contribution in [3.8, 4) is 0 Å². The van der Waals surface area contributed by atoms with Crippen molar-refractivity contribution in [2.24, 2.45) is 0 Å². The molecule has 0 aliphatic carbocycles. The van der Waals surface area contributed by atoms with Gasteiger partial charge in [-0.25, -0.2) is 0 Å². The first-order chi connectivity index (χ1) is 6.08. The van der Waals surface area contributed by atoms with Crippen LogP contribution in [0.4, 0.5) is 0 Å². The highest BCUT2D eigenvalue weighted by atomic mass is 35.5. The third-order valence-corrected chi connectivity index (χ3v) is 3.40. The molecule has 2 N–H and O–H groups in total. The third kappa shape index (κ3) is 3.19. The summed E-state index contributed by atoms with van der Waals surface area (Å²) in [6.07, 6.45) is 1.69. The first-order valence-electron chi connectivity index (χ1n) is 4.34. The van der Waals surface area contributed by atoms with Crippen LogP contribution >= 0.6 is 24.2 Å². The summed E-state index contributed by atoms with van der Waals surface area (Å²) in [6, 6.07) is -0.0857. The Balaban J connectivity index is 0.00000169. The molecule has 0 aromatic carbocycles. The van der Waals surface area contributed by atoms with Gasteiger partial charge in [0, 0.05) is 17.2 Å². The number of carbonyl (C=O) groups is 1. The Hall–Kier alpha value is -0.190. The van der Waals surface area contributed by atoms with Crippen LogP contribution in [0, 0.1) is 0 Å². The Labute approximate surface area is 95.5 Å². The van der Waals surface area contributed by atoms with Gasteiger partial charge in [0.05, 0.1) is 0 Å². The molecule has 0 radical (unpaired) electrons. The minimum atomic E-state index is -0.0857. The molecule has 0 unspecified atom stereocenters. The molecule has 1 saturated heterocycles. The topological polar surface area (TPSA) is 41.1 Å². The van der Waals surface area contributed by atoms with Crippen LogP contribution in [0.5, 0.6) is 0 Å². The van der Waals surface area contributed by atoms with E-state index in [1.165, 1.54) is 0 Å². The average Bonchev–Trinajstić information content (AvgIpc) is 2.41. The molecule has 0 bridgehead atoms. The van der Waals surface area contributed by atoms with Gasteiger partial charge in [0.25, 0.3) is 0 Å². The van der Waals surface area contributed by atoms with E-state index in [1.54, 1.807) is 17.8 Å². The van der Waals surface area contributed by atoms with Crippen molar-refractivity contribution in [2.75, 3.05) is 12.4 Å². The Morgan fingerprint density at radius 1 is 1.79 bits per heavy atom. The Morgan fingerprint density at radius 2 is 2.43 bits per heavy atom. The second kappa shape index (κ2) is 5.63. The number of hydrogen-bond donors (Lipinski definition) is 2. The first kappa shape index (κ1) is 13.8. The standard InChI is InChI=1S/C9H16N2OS.ClH/c1-4-5-10-8(12)7-9(2,3)13-6-11-7;/h4,7,11H,1,5-6H2,2-3H3,(H,10,12);1H/t7-;/m1./s1. The zero-order chi connectivity index (χ0) is 9.90. The van der Waals surface area contributed by atoms with Crippen LogP contribution < -0.4 is 10.6 Å². The highest BCUT2D eigenvalue weighted by molar-refractivity contribution is 8.00. The highest BCUT2D eigenvalue weighted by Crippen LogP contribution is 2.32. The fourth-order valence-electron chi connectivity index (χ4n) is 1.32. The Kier molecular flexibility index (Phi) is 5.56. The third-order valence-electron chi connectivity index (χ3n) is 2.11. The molecule has 1 aliphatic heterocycles. The normalized spacial score (nSPS) is 23.7. The molecule has 0 spiro atoms. The van der Waals surface area contributed by atoms with Crippen molar-refractivity contribution in [1.29, 1.82) is 0 Å². The van der Waals surface area contributed by atoms with Gasteiger partial charge in [-0.3, -0.25) is 10.1 Å². The summed E-state index contributed by atoms with van der Waals surface area (Å²) >= 11 is 1.77. The van der Waals surface area contributed by atoms with E-state index in [-0.39, 0.29) is 29.1 Å². The van der Waals surface area contributed by atoms with E-state index in [4.69, 9.17) is 0 Å². The molecule has 1 rings (SSSR count). The van der Waals surface area contributed by atoms with E-state index >= 15 is 0 Å². The van der Waals surface area contributed by atoms with Crippen molar-refractivity contribution in [2.45, 2.75) is 24.6 Å². The number of rotatable bonds is 3. The summed E-state index contributed by atoms with van der Waals surface area (Å²) in [5.41, 5.74) is 0. The minimum absolute atomic E-state index is 0. The van der Waals surface area contributed by atoms with Gasteiger partial charge in [0.1, 0.15) is 6.04 Å². The molecule has 1 amide bonds. The van der Waals surface area contributed by atoms with Crippen LogP contribution in [0.3, 0.4) is 0 Å². The van der Waals surface area contributed by atoms with Crippen molar-refractivity contribution in [3.05, 3.63) is 12.7 Å². The van der Waals surface area contributed by atoms with Gasteiger partial charge in [0.15, 0.2) is 0 Å². The highest BCUT2D eigenvalue weighted by Gasteiger charge is 2.39. The SMILES string of the molecule is C=CCNC(=O)[C@H]1NCSC1(C)C.Cl. The van der Waals surface area contributed by atoms with Crippen LogP contribution in [0.2, 0.25) is 0 Å². The smallest absolute Gasteiger partial charge is 0.238 e. The number of hydrogen-bond acceptors (Lipinski definition) is 3. The summed E-state index contributed by atoms with van der Waals surface area (Å²) in [6.45, 7) is 8.25. The van der Waals surface area contributed by atoms with E-state index in [9.17, 15) is 4.79 Å². The van der Waals surface area contributed by atoms with Crippen molar-refractivity contribution in [1.82, 2.24) is 10.6 Å². The molecule has 1 fully saturated rings. The van der Waals surface area contributed by atoms with Gasteiger partial charge in [-0.15, -0.1) is 30.7 Å². The van der Waals surface area contributed by atoms with E-state index in [0.717, 1.165) is 5.88 Å². The van der Waals surface area contributed by atoms with Crippen LogP contribution in [0.25, 0.3) is 0 Å². The fraction of sp³-hybridized carbons (Fsp3) is 0.667. The maximum Gasteiger partial charge on any atom is 0.238 e. The van der Waals surface area contributed by atoms with E-state index in [2.05, 4.69) is 31.1 Å². The number of nitrogens with one attached hydrogen (secondary N) is 2. The van der Waals surface area contributed by atoms with Crippen LogP contribution in [0.1, 0.15) is 13.8 Å².